The second kappa shape index (κ2) is 4.18. The predicted octanol–water partition coefficient (Wildman–Crippen LogP) is 1.39. The summed E-state index contributed by atoms with van der Waals surface area (Å²) >= 11 is 0. The van der Waals surface area contributed by atoms with Crippen LogP contribution in [0, 0.1) is 13.8 Å². The topological polar surface area (TPSA) is 99.6 Å². The molecule has 0 unspecified atom stereocenters. The fourth-order valence-electron chi connectivity index (χ4n) is 2.65. The lowest BCUT2D eigenvalue weighted by Gasteiger charge is -2.31. The summed E-state index contributed by atoms with van der Waals surface area (Å²) in [6.07, 6.45) is 1.66. The Morgan fingerprint density at radius 3 is 2.57 bits per heavy atom. The third-order valence-electron chi connectivity index (χ3n) is 3.73. The van der Waals surface area contributed by atoms with E-state index in [4.69, 9.17) is 20.9 Å². The first-order valence-electron chi connectivity index (χ1n) is 6.58. The highest BCUT2D eigenvalue weighted by Crippen LogP contribution is 2.44. The normalized spacial score (nSPS) is 23.1. The van der Waals surface area contributed by atoms with E-state index < -0.39 is 11.6 Å². The van der Waals surface area contributed by atoms with Gasteiger partial charge in [-0.2, -0.15) is 0 Å². The fraction of sp³-hybridized carbons (Fsp3) is 0.267. The number of rotatable bonds is 1. The van der Waals surface area contributed by atoms with Gasteiger partial charge in [-0.25, -0.2) is 0 Å². The van der Waals surface area contributed by atoms with Crippen LogP contribution in [0.3, 0.4) is 0 Å². The Morgan fingerprint density at radius 2 is 1.90 bits per heavy atom. The molecule has 3 rings (SSSR count). The van der Waals surface area contributed by atoms with Crippen molar-refractivity contribution in [2.45, 2.75) is 26.5 Å². The first-order valence-corrected chi connectivity index (χ1v) is 6.58. The number of nitrogens with two attached hydrogens (primary N) is 2. The van der Waals surface area contributed by atoms with Gasteiger partial charge in [-0.3, -0.25) is 4.79 Å². The molecule has 0 fully saturated rings. The average Bonchev–Trinajstić information content (AvgIpc) is 2.64. The molecule has 1 amide bonds. The number of carbonyl (C=O) groups is 1. The Labute approximate surface area is 122 Å². The van der Waals surface area contributed by atoms with Crippen LogP contribution in [0.1, 0.15) is 18.1 Å². The summed E-state index contributed by atoms with van der Waals surface area (Å²) in [6.45, 7) is 5.73. The second-order valence-electron chi connectivity index (χ2n) is 5.36. The van der Waals surface area contributed by atoms with E-state index in [0.717, 1.165) is 16.8 Å². The Kier molecular flexibility index (Phi) is 2.66. The van der Waals surface area contributed by atoms with Crippen LogP contribution in [0.25, 0.3) is 0 Å². The second-order valence-corrected chi connectivity index (χ2v) is 5.36. The molecule has 1 atom stereocenters. The van der Waals surface area contributed by atoms with Crippen LogP contribution in [0.2, 0.25) is 0 Å². The molecular formula is C15H17N3O3. The van der Waals surface area contributed by atoms with Crippen molar-refractivity contribution < 1.29 is 14.3 Å². The van der Waals surface area contributed by atoms with Gasteiger partial charge in [0.1, 0.15) is 17.1 Å². The molecule has 0 bridgehead atoms. The molecular weight excluding hydrogens is 270 g/mol. The summed E-state index contributed by atoms with van der Waals surface area (Å²) in [6, 6.07) is 3.88. The molecule has 1 aromatic rings. The number of nitrogens with one attached hydrogen (secondary N) is 1. The summed E-state index contributed by atoms with van der Waals surface area (Å²) in [4.78, 5) is 11.8. The molecule has 0 saturated carbocycles. The third-order valence-corrected chi connectivity index (χ3v) is 3.73. The number of fused-ring (bicyclic) bond motifs is 1. The van der Waals surface area contributed by atoms with Crippen molar-refractivity contribution in [3.63, 3.8) is 0 Å². The van der Waals surface area contributed by atoms with Gasteiger partial charge < -0.3 is 26.3 Å². The van der Waals surface area contributed by atoms with Crippen LogP contribution >= 0.6 is 0 Å². The number of carbonyl (C=O) groups excluding carboxylic acids is 1. The number of aryl methyl sites for hydroxylation is 2. The summed E-state index contributed by atoms with van der Waals surface area (Å²) < 4.78 is 11.3. The highest BCUT2D eigenvalue weighted by atomic mass is 16.5. The average molecular weight is 287 g/mol. The zero-order chi connectivity index (χ0) is 15.4. The van der Waals surface area contributed by atoms with Gasteiger partial charge >= 0.3 is 0 Å². The van der Waals surface area contributed by atoms with E-state index in [1.807, 2.05) is 26.0 Å². The van der Waals surface area contributed by atoms with Crippen molar-refractivity contribution >= 4 is 11.6 Å². The van der Waals surface area contributed by atoms with Crippen LogP contribution < -0.4 is 21.5 Å². The molecule has 2 aliphatic heterocycles. The molecule has 21 heavy (non-hydrogen) atoms. The highest BCUT2D eigenvalue weighted by Gasteiger charge is 2.48. The molecule has 1 aromatic carbocycles. The lowest BCUT2D eigenvalue weighted by atomic mass is 9.99. The molecule has 6 nitrogen and oxygen atoms in total. The zero-order valence-corrected chi connectivity index (χ0v) is 12.1. The standard InChI is InChI=1S/C15H17N3O3/c1-7-4-10-11(5-8(7)2)21-15(18-10)6-9(3)20-14(17)12(15)13(16)19/h4-6,18H,17H2,1-3H3,(H2,16,19)/t15-/m0/s1. The summed E-state index contributed by atoms with van der Waals surface area (Å²) in [5, 5.41) is 3.19. The first kappa shape index (κ1) is 13.4. The minimum Gasteiger partial charge on any atom is -0.457 e. The molecule has 2 aliphatic rings. The number of ether oxygens (including phenoxy) is 2. The van der Waals surface area contributed by atoms with Crippen molar-refractivity contribution in [3.8, 4) is 5.75 Å². The van der Waals surface area contributed by atoms with Gasteiger partial charge in [-0.15, -0.1) is 0 Å². The molecule has 5 N–H and O–H groups in total. The Balaban J connectivity index is 2.14. The number of anilines is 1. The first-order chi connectivity index (χ1) is 9.82. The summed E-state index contributed by atoms with van der Waals surface area (Å²) in [5.74, 6) is 0.447. The lowest BCUT2D eigenvalue weighted by Crippen LogP contribution is -2.48. The number of hydrogen-bond donors (Lipinski definition) is 3. The van der Waals surface area contributed by atoms with E-state index in [-0.39, 0.29) is 11.5 Å². The molecule has 110 valence electrons. The monoisotopic (exact) mass is 287 g/mol. The minimum absolute atomic E-state index is 0.0451. The van der Waals surface area contributed by atoms with Crippen LogP contribution in [0.15, 0.2) is 35.4 Å². The van der Waals surface area contributed by atoms with E-state index >= 15 is 0 Å². The van der Waals surface area contributed by atoms with Crippen molar-refractivity contribution in [2.75, 3.05) is 5.32 Å². The maximum Gasteiger partial charge on any atom is 0.256 e. The van der Waals surface area contributed by atoms with Gasteiger partial charge in [-0.05, 0) is 44.0 Å². The van der Waals surface area contributed by atoms with Crippen molar-refractivity contribution in [3.05, 3.63) is 46.6 Å². The van der Waals surface area contributed by atoms with Gasteiger partial charge in [0.05, 0.1) is 5.69 Å². The maximum absolute atomic E-state index is 11.8. The largest absolute Gasteiger partial charge is 0.457 e. The number of hydrogen-bond acceptors (Lipinski definition) is 5. The molecule has 2 heterocycles. The van der Waals surface area contributed by atoms with Gasteiger partial charge in [0.25, 0.3) is 5.91 Å². The van der Waals surface area contributed by atoms with E-state index in [0.29, 0.717) is 11.5 Å². The number of amides is 1. The van der Waals surface area contributed by atoms with E-state index in [1.165, 1.54) is 0 Å². The van der Waals surface area contributed by atoms with Crippen LogP contribution in [-0.2, 0) is 9.53 Å². The summed E-state index contributed by atoms with van der Waals surface area (Å²) in [5.41, 5.74) is 13.1. The molecule has 0 aliphatic carbocycles. The lowest BCUT2D eigenvalue weighted by molar-refractivity contribution is -0.116. The van der Waals surface area contributed by atoms with Gasteiger partial charge in [-0.1, -0.05) is 0 Å². The van der Waals surface area contributed by atoms with Crippen LogP contribution in [0.5, 0.6) is 5.75 Å². The maximum atomic E-state index is 11.8. The molecule has 1 spiro atoms. The van der Waals surface area contributed by atoms with Gasteiger partial charge in [0, 0.05) is 6.08 Å². The Bertz CT molecular complexity index is 688. The molecule has 6 heteroatoms. The SMILES string of the molecule is CC1=C[C@@]2(Nc3cc(C)c(C)cc3O2)C(C(N)=O)=C(N)O1. The van der Waals surface area contributed by atoms with Gasteiger partial charge in [0.2, 0.25) is 11.6 Å². The summed E-state index contributed by atoms with van der Waals surface area (Å²) in [7, 11) is 0. The molecule has 0 radical (unpaired) electrons. The zero-order valence-electron chi connectivity index (χ0n) is 12.1. The van der Waals surface area contributed by atoms with Crippen molar-refractivity contribution in [2.24, 2.45) is 11.5 Å². The van der Waals surface area contributed by atoms with Crippen LogP contribution in [-0.4, -0.2) is 11.6 Å². The molecule has 0 saturated heterocycles. The smallest absolute Gasteiger partial charge is 0.256 e. The Hall–Kier alpha value is -2.63. The predicted molar refractivity (Wildman–Crippen MR) is 78.1 cm³/mol. The van der Waals surface area contributed by atoms with E-state index in [1.54, 1.807) is 13.0 Å². The highest BCUT2D eigenvalue weighted by molar-refractivity contribution is 5.97. The van der Waals surface area contributed by atoms with E-state index in [2.05, 4.69) is 5.32 Å². The third kappa shape index (κ3) is 1.91. The van der Waals surface area contributed by atoms with Crippen molar-refractivity contribution in [1.82, 2.24) is 0 Å². The Morgan fingerprint density at radius 1 is 1.24 bits per heavy atom. The molecule has 0 aromatic heterocycles. The number of benzene rings is 1. The number of allylic oxidation sites excluding steroid dienone is 1. The van der Waals surface area contributed by atoms with Gasteiger partial charge in [0.15, 0.2) is 0 Å². The number of primary amides is 1. The quantitative estimate of drug-likeness (QED) is 0.725. The van der Waals surface area contributed by atoms with E-state index in [9.17, 15) is 4.79 Å². The van der Waals surface area contributed by atoms with Crippen LogP contribution in [0.4, 0.5) is 5.69 Å². The fourth-order valence-corrected chi connectivity index (χ4v) is 2.65. The minimum atomic E-state index is -1.21. The van der Waals surface area contributed by atoms with Crippen molar-refractivity contribution in [1.29, 1.82) is 0 Å².